The lowest BCUT2D eigenvalue weighted by Crippen LogP contribution is -2.00. The second-order valence-electron chi connectivity index (χ2n) is 4.12. The molecular formula is C16H14ClNOS. The molecule has 102 valence electrons. The van der Waals surface area contributed by atoms with Crippen molar-refractivity contribution in [1.29, 1.82) is 5.26 Å². The molecule has 20 heavy (non-hydrogen) atoms. The molecule has 0 bridgehead atoms. The van der Waals surface area contributed by atoms with Gasteiger partial charge in [-0.25, -0.2) is 0 Å². The van der Waals surface area contributed by atoms with E-state index in [4.69, 9.17) is 21.6 Å². The molecule has 4 heteroatoms. The van der Waals surface area contributed by atoms with E-state index in [1.807, 2.05) is 42.5 Å². The van der Waals surface area contributed by atoms with Crippen LogP contribution in [0.25, 0.3) is 0 Å². The molecule has 0 unspecified atom stereocenters. The van der Waals surface area contributed by atoms with Crippen molar-refractivity contribution in [2.45, 2.75) is 11.3 Å². The predicted octanol–water partition coefficient (Wildman–Crippen LogP) is 4.77. The molecule has 0 aliphatic carbocycles. The van der Waals surface area contributed by atoms with Gasteiger partial charge < -0.3 is 4.74 Å². The lowest BCUT2D eigenvalue weighted by atomic mass is 10.2. The highest BCUT2D eigenvalue weighted by Gasteiger charge is 2.01. The van der Waals surface area contributed by atoms with Crippen molar-refractivity contribution >= 4 is 23.4 Å². The Hall–Kier alpha value is -1.63. The molecule has 0 radical (unpaired) electrons. The molecule has 0 aliphatic heterocycles. The first-order valence-corrected chi connectivity index (χ1v) is 7.66. The Kier molecular flexibility index (Phi) is 5.79. The minimum Gasteiger partial charge on any atom is -0.492 e. The minimum atomic E-state index is 0.579. The number of hydrogen-bond donors (Lipinski definition) is 0. The van der Waals surface area contributed by atoms with Crippen molar-refractivity contribution in [2.24, 2.45) is 0 Å². The molecular weight excluding hydrogens is 290 g/mol. The highest BCUT2D eigenvalue weighted by Crippen LogP contribution is 2.22. The first-order valence-electron chi connectivity index (χ1n) is 6.30. The number of nitrogens with zero attached hydrogens (tertiary/aromatic N) is 1. The van der Waals surface area contributed by atoms with Gasteiger partial charge in [0.25, 0.3) is 0 Å². The Bertz CT molecular complexity index is 609. The molecule has 2 rings (SSSR count). The number of para-hydroxylation sites is 1. The van der Waals surface area contributed by atoms with E-state index in [9.17, 15) is 0 Å². The third-order valence-corrected chi connectivity index (χ3v) is 3.93. The van der Waals surface area contributed by atoms with Crippen molar-refractivity contribution in [3.8, 4) is 11.8 Å². The number of hydrogen-bond acceptors (Lipinski definition) is 3. The maximum absolute atomic E-state index is 8.95. The third kappa shape index (κ3) is 4.48. The topological polar surface area (TPSA) is 33.0 Å². The summed E-state index contributed by atoms with van der Waals surface area (Å²) in [5.41, 5.74) is 0.579. The van der Waals surface area contributed by atoms with Crippen LogP contribution in [0.3, 0.4) is 0 Å². The summed E-state index contributed by atoms with van der Waals surface area (Å²) in [4.78, 5) is 1.16. The van der Waals surface area contributed by atoms with Crippen LogP contribution in [0.4, 0.5) is 0 Å². The first-order chi connectivity index (χ1) is 9.79. The number of halogens is 1. The van der Waals surface area contributed by atoms with E-state index >= 15 is 0 Å². The molecule has 2 aromatic carbocycles. The van der Waals surface area contributed by atoms with E-state index in [2.05, 4.69) is 6.07 Å². The molecule has 0 heterocycles. The van der Waals surface area contributed by atoms with Gasteiger partial charge in [-0.15, -0.1) is 11.8 Å². The van der Waals surface area contributed by atoms with Crippen LogP contribution in [0.2, 0.25) is 5.02 Å². The molecule has 2 nitrogen and oxygen atoms in total. The molecule has 0 spiro atoms. The molecule has 0 N–H and O–H groups in total. The number of ether oxygens (including phenoxy) is 1. The largest absolute Gasteiger partial charge is 0.492 e. The van der Waals surface area contributed by atoms with Crippen LogP contribution in [0.5, 0.6) is 5.75 Å². The van der Waals surface area contributed by atoms with Crippen LogP contribution in [0.15, 0.2) is 53.4 Å². The zero-order valence-electron chi connectivity index (χ0n) is 10.9. The van der Waals surface area contributed by atoms with Gasteiger partial charge in [0, 0.05) is 15.7 Å². The van der Waals surface area contributed by atoms with Crippen LogP contribution in [-0.2, 0) is 0 Å². The summed E-state index contributed by atoms with van der Waals surface area (Å²) in [7, 11) is 0. The second kappa shape index (κ2) is 7.84. The minimum absolute atomic E-state index is 0.579. The van der Waals surface area contributed by atoms with Crippen LogP contribution < -0.4 is 4.74 Å². The Balaban J connectivity index is 1.73. The standard InChI is InChI=1S/C16H14ClNOS/c17-14-6-3-7-15(11-14)20-10-4-9-19-16-8-2-1-5-13(16)12-18/h1-3,5-8,11H,4,9-10H2. The van der Waals surface area contributed by atoms with Gasteiger partial charge in [-0.05, 0) is 36.8 Å². The van der Waals surface area contributed by atoms with E-state index < -0.39 is 0 Å². The SMILES string of the molecule is N#Cc1ccccc1OCCCSc1cccc(Cl)c1. The van der Waals surface area contributed by atoms with Gasteiger partial charge in [-0.3, -0.25) is 0 Å². The van der Waals surface area contributed by atoms with E-state index in [1.165, 1.54) is 0 Å². The number of nitriles is 1. The summed E-state index contributed by atoms with van der Waals surface area (Å²) in [5, 5.41) is 9.71. The van der Waals surface area contributed by atoms with E-state index in [1.54, 1.807) is 17.8 Å². The predicted molar refractivity (Wildman–Crippen MR) is 83.4 cm³/mol. The summed E-state index contributed by atoms with van der Waals surface area (Å²) in [5.74, 6) is 1.61. The van der Waals surface area contributed by atoms with Gasteiger partial charge in [0.2, 0.25) is 0 Å². The Labute approximate surface area is 128 Å². The normalized spacial score (nSPS) is 10.0. The van der Waals surface area contributed by atoms with E-state index in [-0.39, 0.29) is 0 Å². The Morgan fingerprint density at radius 2 is 2.00 bits per heavy atom. The molecule has 0 amide bonds. The lowest BCUT2D eigenvalue weighted by Gasteiger charge is -2.07. The fourth-order valence-electron chi connectivity index (χ4n) is 1.67. The quantitative estimate of drug-likeness (QED) is 0.569. The molecule has 0 aliphatic rings. The Morgan fingerprint density at radius 3 is 2.80 bits per heavy atom. The van der Waals surface area contributed by atoms with Crippen LogP contribution in [-0.4, -0.2) is 12.4 Å². The van der Waals surface area contributed by atoms with Crippen molar-refractivity contribution in [3.05, 3.63) is 59.1 Å². The zero-order chi connectivity index (χ0) is 14.2. The van der Waals surface area contributed by atoms with Gasteiger partial charge in [-0.1, -0.05) is 29.8 Å². The van der Waals surface area contributed by atoms with Gasteiger partial charge in [0.05, 0.1) is 12.2 Å². The van der Waals surface area contributed by atoms with Crippen LogP contribution in [0, 0.1) is 11.3 Å². The second-order valence-corrected chi connectivity index (χ2v) is 5.72. The molecule has 0 saturated carbocycles. The molecule has 0 fully saturated rings. The molecule has 2 aromatic rings. The summed E-state index contributed by atoms with van der Waals surface area (Å²) < 4.78 is 5.63. The van der Waals surface area contributed by atoms with Crippen molar-refractivity contribution < 1.29 is 4.74 Å². The smallest absolute Gasteiger partial charge is 0.137 e. The summed E-state index contributed by atoms with van der Waals surface area (Å²) in [6.45, 7) is 0.603. The van der Waals surface area contributed by atoms with E-state index in [0.29, 0.717) is 17.9 Å². The Morgan fingerprint density at radius 1 is 1.15 bits per heavy atom. The maximum Gasteiger partial charge on any atom is 0.137 e. The maximum atomic E-state index is 8.95. The fraction of sp³-hybridized carbons (Fsp3) is 0.188. The number of thioether (sulfide) groups is 1. The third-order valence-electron chi connectivity index (χ3n) is 2.62. The van der Waals surface area contributed by atoms with Gasteiger partial charge in [-0.2, -0.15) is 5.26 Å². The van der Waals surface area contributed by atoms with Crippen LogP contribution in [0.1, 0.15) is 12.0 Å². The van der Waals surface area contributed by atoms with Crippen molar-refractivity contribution in [2.75, 3.05) is 12.4 Å². The highest BCUT2D eigenvalue weighted by molar-refractivity contribution is 7.99. The lowest BCUT2D eigenvalue weighted by molar-refractivity contribution is 0.318. The van der Waals surface area contributed by atoms with Crippen molar-refractivity contribution in [1.82, 2.24) is 0 Å². The average Bonchev–Trinajstić information content (AvgIpc) is 2.47. The fourth-order valence-corrected chi connectivity index (χ4v) is 2.81. The molecule has 0 aromatic heterocycles. The average molecular weight is 304 g/mol. The summed E-state index contributed by atoms with van der Waals surface area (Å²) >= 11 is 7.68. The van der Waals surface area contributed by atoms with E-state index in [0.717, 1.165) is 22.1 Å². The van der Waals surface area contributed by atoms with Crippen molar-refractivity contribution in [3.63, 3.8) is 0 Å². The molecule has 0 atom stereocenters. The van der Waals surface area contributed by atoms with Gasteiger partial charge in [0.15, 0.2) is 0 Å². The zero-order valence-corrected chi connectivity index (χ0v) is 12.5. The highest BCUT2D eigenvalue weighted by atomic mass is 35.5. The molecule has 0 saturated heterocycles. The first kappa shape index (κ1) is 14.8. The van der Waals surface area contributed by atoms with Crippen LogP contribution >= 0.6 is 23.4 Å². The summed E-state index contributed by atoms with van der Waals surface area (Å²) in [6.07, 6.45) is 0.914. The van der Waals surface area contributed by atoms with Gasteiger partial charge >= 0.3 is 0 Å². The number of rotatable bonds is 6. The van der Waals surface area contributed by atoms with Gasteiger partial charge in [0.1, 0.15) is 11.8 Å². The number of benzene rings is 2. The summed E-state index contributed by atoms with van der Waals surface area (Å²) in [6, 6.07) is 17.2. The monoisotopic (exact) mass is 303 g/mol.